The van der Waals surface area contributed by atoms with Crippen LogP contribution in [-0.4, -0.2) is 60.0 Å². The van der Waals surface area contributed by atoms with Crippen molar-refractivity contribution in [2.45, 2.75) is 77.9 Å². The molecule has 0 spiro atoms. The third-order valence-corrected chi connectivity index (χ3v) is 12.7. The van der Waals surface area contributed by atoms with Crippen LogP contribution >= 0.6 is 0 Å². The summed E-state index contributed by atoms with van der Waals surface area (Å²) < 4.78 is 83.2. The fourth-order valence-corrected chi connectivity index (χ4v) is 9.63. The summed E-state index contributed by atoms with van der Waals surface area (Å²) in [5.41, 5.74) is 0.468. The van der Waals surface area contributed by atoms with E-state index in [2.05, 4.69) is 0 Å². The summed E-state index contributed by atoms with van der Waals surface area (Å²) in [4.78, 5) is -0.458. The van der Waals surface area contributed by atoms with E-state index in [9.17, 15) is 25.3 Å². The van der Waals surface area contributed by atoms with Crippen LogP contribution in [0.2, 0.25) is 0 Å². The Morgan fingerprint density at radius 3 is 1.58 bits per heavy atom. The van der Waals surface area contributed by atoms with Gasteiger partial charge in [-0.2, -0.15) is 8.61 Å². The van der Waals surface area contributed by atoms with Crippen molar-refractivity contribution >= 4 is 29.9 Å². The molecular formula is C25H34N2O6S3. The lowest BCUT2D eigenvalue weighted by Gasteiger charge is -2.22. The lowest BCUT2D eigenvalue weighted by atomic mass is 10.2. The highest BCUT2D eigenvalue weighted by molar-refractivity contribution is 7.92. The van der Waals surface area contributed by atoms with Crippen LogP contribution in [-0.2, 0) is 29.9 Å². The average Bonchev–Trinajstić information content (AvgIpc) is 3.31. The molecule has 0 aromatic heterocycles. The second-order valence-electron chi connectivity index (χ2n) is 9.54. The van der Waals surface area contributed by atoms with Crippen LogP contribution in [0.15, 0.2) is 62.0 Å². The lowest BCUT2D eigenvalue weighted by molar-refractivity contribution is 0.423. The molecule has 2 aliphatic rings. The Morgan fingerprint density at radius 1 is 0.556 bits per heavy atom. The molecule has 2 aromatic rings. The minimum absolute atomic E-state index is 0.0289. The largest absolute Gasteiger partial charge is 0.243 e. The maximum atomic E-state index is 13.5. The standard InChI is InChI=1S/C25H34N2O6S3/c1-21-13-14-23(20-25(21)36(32,33)27-17-8-4-5-9-18-27)34(28,29)22-11-10-12-24(19-22)35(30,31)26-15-6-2-3-7-16-26/h10-14,19-20H,2-9,15-18H2,1H3. The second kappa shape index (κ2) is 10.9. The van der Waals surface area contributed by atoms with Gasteiger partial charge in [-0.15, -0.1) is 0 Å². The van der Waals surface area contributed by atoms with E-state index in [4.69, 9.17) is 0 Å². The van der Waals surface area contributed by atoms with Crippen molar-refractivity contribution in [2.75, 3.05) is 26.2 Å². The molecule has 11 heteroatoms. The SMILES string of the molecule is Cc1ccc(S(=O)(=O)c2cccc(S(=O)(=O)N3CCCCCC3)c2)cc1S(=O)(=O)N1CCCCCC1. The molecule has 0 bridgehead atoms. The van der Waals surface area contributed by atoms with Gasteiger partial charge in [-0.25, -0.2) is 25.3 Å². The summed E-state index contributed by atoms with van der Waals surface area (Å²) in [6.07, 6.45) is 6.96. The molecule has 8 nitrogen and oxygen atoms in total. The molecule has 0 radical (unpaired) electrons. The van der Waals surface area contributed by atoms with Crippen molar-refractivity contribution in [1.82, 2.24) is 8.61 Å². The third-order valence-electron chi connectivity index (χ3n) is 6.97. The number of hydrogen-bond donors (Lipinski definition) is 0. The van der Waals surface area contributed by atoms with Crippen LogP contribution in [0.5, 0.6) is 0 Å². The fourth-order valence-electron chi connectivity index (χ4n) is 4.82. The molecule has 198 valence electrons. The van der Waals surface area contributed by atoms with Gasteiger partial charge in [0.05, 0.1) is 19.6 Å². The van der Waals surface area contributed by atoms with Gasteiger partial charge in [0.15, 0.2) is 0 Å². The van der Waals surface area contributed by atoms with Crippen molar-refractivity contribution in [3.05, 3.63) is 48.0 Å². The van der Waals surface area contributed by atoms with Crippen LogP contribution in [0, 0.1) is 6.92 Å². The van der Waals surface area contributed by atoms with E-state index in [1.165, 1.54) is 51.1 Å². The number of sulfonamides is 2. The van der Waals surface area contributed by atoms with Crippen molar-refractivity contribution in [1.29, 1.82) is 0 Å². The average molecular weight is 555 g/mol. The summed E-state index contributed by atoms with van der Waals surface area (Å²) in [5, 5.41) is 0. The Labute approximate surface area is 215 Å². The van der Waals surface area contributed by atoms with E-state index in [0.717, 1.165) is 51.4 Å². The van der Waals surface area contributed by atoms with Gasteiger partial charge in [0.25, 0.3) is 0 Å². The van der Waals surface area contributed by atoms with Crippen molar-refractivity contribution in [3.8, 4) is 0 Å². The molecule has 0 N–H and O–H groups in total. The van der Waals surface area contributed by atoms with Gasteiger partial charge in [0, 0.05) is 26.2 Å². The molecule has 2 fully saturated rings. The van der Waals surface area contributed by atoms with Crippen LogP contribution in [0.1, 0.15) is 56.9 Å². The van der Waals surface area contributed by atoms with E-state index in [1.807, 2.05) is 0 Å². The molecule has 2 heterocycles. The Bertz CT molecular complexity index is 1400. The minimum Gasteiger partial charge on any atom is -0.219 e. The number of benzene rings is 2. The third kappa shape index (κ3) is 5.55. The van der Waals surface area contributed by atoms with E-state index in [1.54, 1.807) is 6.92 Å². The number of hydrogen-bond acceptors (Lipinski definition) is 6. The molecule has 2 aliphatic heterocycles. The van der Waals surface area contributed by atoms with E-state index >= 15 is 0 Å². The normalized spacial score (nSPS) is 19.5. The number of rotatable bonds is 6. The van der Waals surface area contributed by atoms with Gasteiger partial charge in [-0.1, -0.05) is 37.8 Å². The molecule has 2 aromatic carbocycles. The molecule has 0 saturated carbocycles. The zero-order valence-electron chi connectivity index (χ0n) is 20.6. The van der Waals surface area contributed by atoms with Crippen molar-refractivity contribution in [2.24, 2.45) is 0 Å². The quantitative estimate of drug-likeness (QED) is 0.535. The Balaban J connectivity index is 1.70. The smallest absolute Gasteiger partial charge is 0.219 e. The van der Waals surface area contributed by atoms with Crippen molar-refractivity contribution < 1.29 is 25.3 Å². The summed E-state index contributed by atoms with van der Waals surface area (Å²) in [7, 11) is -11.9. The predicted octanol–water partition coefficient (Wildman–Crippen LogP) is 3.96. The molecule has 0 amide bonds. The van der Waals surface area contributed by atoms with Gasteiger partial charge in [0.2, 0.25) is 29.9 Å². The maximum absolute atomic E-state index is 13.5. The summed E-state index contributed by atoms with van der Waals surface area (Å²) in [5.74, 6) is 0. The first-order valence-electron chi connectivity index (χ1n) is 12.5. The molecule has 0 aliphatic carbocycles. The second-order valence-corrected chi connectivity index (χ2v) is 15.3. The van der Waals surface area contributed by atoms with Crippen LogP contribution in [0.3, 0.4) is 0 Å². The molecule has 36 heavy (non-hydrogen) atoms. The van der Waals surface area contributed by atoms with Gasteiger partial charge < -0.3 is 0 Å². The molecular weight excluding hydrogens is 520 g/mol. The highest BCUT2D eigenvalue weighted by Gasteiger charge is 2.30. The highest BCUT2D eigenvalue weighted by Crippen LogP contribution is 2.30. The number of aryl methyl sites for hydroxylation is 1. The zero-order valence-corrected chi connectivity index (χ0v) is 23.0. The molecule has 0 atom stereocenters. The summed E-state index contributed by atoms with van der Waals surface area (Å²) >= 11 is 0. The van der Waals surface area contributed by atoms with Gasteiger partial charge in [-0.3, -0.25) is 0 Å². The first kappa shape index (κ1) is 27.3. The van der Waals surface area contributed by atoms with Gasteiger partial charge in [-0.05, 0) is 68.5 Å². The molecule has 4 rings (SSSR count). The van der Waals surface area contributed by atoms with E-state index in [0.29, 0.717) is 31.7 Å². The maximum Gasteiger partial charge on any atom is 0.243 e. The Hall–Kier alpha value is -1.79. The minimum atomic E-state index is -4.16. The van der Waals surface area contributed by atoms with Crippen LogP contribution < -0.4 is 0 Å². The first-order chi connectivity index (χ1) is 17.0. The van der Waals surface area contributed by atoms with Gasteiger partial charge in [0.1, 0.15) is 0 Å². The van der Waals surface area contributed by atoms with E-state index in [-0.39, 0.29) is 19.6 Å². The van der Waals surface area contributed by atoms with Crippen LogP contribution in [0.4, 0.5) is 0 Å². The fraction of sp³-hybridized carbons (Fsp3) is 0.520. The zero-order chi connectivity index (χ0) is 26.0. The highest BCUT2D eigenvalue weighted by atomic mass is 32.2. The lowest BCUT2D eigenvalue weighted by Crippen LogP contribution is -2.32. The molecule has 2 saturated heterocycles. The monoisotopic (exact) mass is 554 g/mol. The van der Waals surface area contributed by atoms with E-state index < -0.39 is 29.9 Å². The number of nitrogens with zero attached hydrogens (tertiary/aromatic N) is 2. The molecule has 0 unspecified atom stereocenters. The first-order valence-corrected chi connectivity index (χ1v) is 16.9. The predicted molar refractivity (Wildman–Crippen MR) is 138 cm³/mol. The topological polar surface area (TPSA) is 109 Å². The number of sulfone groups is 1. The van der Waals surface area contributed by atoms with Crippen molar-refractivity contribution in [3.63, 3.8) is 0 Å². The Kier molecular flexibility index (Phi) is 8.25. The summed E-state index contributed by atoms with van der Waals surface area (Å²) in [6, 6.07) is 9.43. The van der Waals surface area contributed by atoms with Crippen LogP contribution in [0.25, 0.3) is 0 Å². The Morgan fingerprint density at radius 2 is 1.03 bits per heavy atom. The van der Waals surface area contributed by atoms with Gasteiger partial charge >= 0.3 is 0 Å². The summed E-state index contributed by atoms with van der Waals surface area (Å²) in [6.45, 7) is 3.30.